The standard InChI is InChI=1S/C27H35ClF3N7O2S/c1-18-16-37(12-13-38(18)25(40)34-26(2,3)4)22-15-21(28)32-24(33-22)41-17-23(39)36-10-8-35(9-11-36)20-7-5-6-19(14-20)27(29,30)31/h5-7,14-15,18H,8-13,16-17H2,1-4H3,(H,34,40). The molecule has 0 aliphatic carbocycles. The van der Waals surface area contributed by atoms with Crippen molar-refractivity contribution in [3.05, 3.63) is 41.0 Å². The lowest BCUT2D eigenvalue weighted by molar-refractivity contribution is -0.137. The van der Waals surface area contributed by atoms with Gasteiger partial charge in [-0.1, -0.05) is 29.4 Å². The van der Waals surface area contributed by atoms with Crippen molar-refractivity contribution in [3.63, 3.8) is 0 Å². The summed E-state index contributed by atoms with van der Waals surface area (Å²) in [6, 6.07) is 6.77. The molecule has 0 radical (unpaired) electrons. The van der Waals surface area contributed by atoms with E-state index >= 15 is 0 Å². The van der Waals surface area contributed by atoms with Gasteiger partial charge in [-0.15, -0.1) is 0 Å². The summed E-state index contributed by atoms with van der Waals surface area (Å²) >= 11 is 7.49. The number of hydrogen-bond acceptors (Lipinski definition) is 7. The minimum absolute atomic E-state index is 0.0490. The van der Waals surface area contributed by atoms with E-state index in [1.165, 1.54) is 17.8 Å². The maximum absolute atomic E-state index is 13.1. The van der Waals surface area contributed by atoms with Crippen molar-refractivity contribution in [2.24, 2.45) is 0 Å². The van der Waals surface area contributed by atoms with Crippen LogP contribution in [0, 0.1) is 0 Å². The van der Waals surface area contributed by atoms with Crippen LogP contribution in [0.4, 0.5) is 29.5 Å². The molecular formula is C27H35ClF3N7O2S. The number of halogens is 4. The maximum Gasteiger partial charge on any atom is 0.416 e. The molecule has 9 nitrogen and oxygen atoms in total. The highest BCUT2D eigenvalue weighted by Crippen LogP contribution is 2.32. The van der Waals surface area contributed by atoms with Crippen molar-refractivity contribution in [2.75, 3.05) is 61.4 Å². The van der Waals surface area contributed by atoms with Gasteiger partial charge in [0.2, 0.25) is 5.91 Å². The van der Waals surface area contributed by atoms with E-state index in [2.05, 4.69) is 20.2 Å². The molecule has 1 aromatic heterocycles. The average molecular weight is 614 g/mol. The van der Waals surface area contributed by atoms with Gasteiger partial charge in [-0.3, -0.25) is 4.79 Å². The van der Waals surface area contributed by atoms with E-state index in [1.807, 2.05) is 37.5 Å². The quantitative estimate of drug-likeness (QED) is 0.300. The molecule has 41 heavy (non-hydrogen) atoms. The molecule has 3 amide bonds. The Morgan fingerprint density at radius 3 is 2.34 bits per heavy atom. The highest BCUT2D eigenvalue weighted by Gasteiger charge is 2.32. The summed E-state index contributed by atoms with van der Waals surface area (Å²) in [5.74, 6) is 0.647. The molecule has 0 saturated carbocycles. The van der Waals surface area contributed by atoms with Gasteiger partial charge in [0.1, 0.15) is 11.0 Å². The monoisotopic (exact) mass is 613 g/mol. The molecule has 2 aromatic rings. The fourth-order valence-corrected chi connectivity index (χ4v) is 5.77. The summed E-state index contributed by atoms with van der Waals surface area (Å²) in [6.45, 7) is 11.2. The second kappa shape index (κ2) is 12.5. The van der Waals surface area contributed by atoms with Crippen molar-refractivity contribution in [3.8, 4) is 0 Å². The largest absolute Gasteiger partial charge is 0.416 e. The van der Waals surface area contributed by atoms with Gasteiger partial charge in [-0.05, 0) is 45.9 Å². The van der Waals surface area contributed by atoms with Crippen molar-refractivity contribution in [1.82, 2.24) is 25.1 Å². The van der Waals surface area contributed by atoms with Crippen LogP contribution in [0.25, 0.3) is 0 Å². The molecule has 1 aromatic carbocycles. The number of aromatic nitrogens is 2. The normalized spacial score (nSPS) is 18.5. The number of piperazine rings is 2. The zero-order valence-corrected chi connectivity index (χ0v) is 25.1. The molecule has 1 unspecified atom stereocenters. The SMILES string of the molecule is CC1CN(c2cc(Cl)nc(SCC(=O)N3CCN(c4cccc(C(F)(F)F)c4)CC3)n2)CCN1C(=O)NC(C)(C)C. The topological polar surface area (TPSA) is 84.9 Å². The third kappa shape index (κ3) is 8.31. The summed E-state index contributed by atoms with van der Waals surface area (Å²) in [4.78, 5) is 41.9. The number of hydrogen-bond donors (Lipinski definition) is 1. The van der Waals surface area contributed by atoms with Gasteiger partial charge in [0.15, 0.2) is 5.16 Å². The van der Waals surface area contributed by atoms with E-state index in [0.717, 1.165) is 12.1 Å². The number of anilines is 2. The van der Waals surface area contributed by atoms with Crippen LogP contribution < -0.4 is 15.1 Å². The Morgan fingerprint density at radius 1 is 1.02 bits per heavy atom. The lowest BCUT2D eigenvalue weighted by atomic mass is 10.1. The summed E-state index contributed by atoms with van der Waals surface area (Å²) in [5.41, 5.74) is -0.521. The highest BCUT2D eigenvalue weighted by atomic mass is 35.5. The first-order valence-corrected chi connectivity index (χ1v) is 14.8. The molecule has 4 rings (SSSR count). The van der Waals surface area contributed by atoms with Gasteiger partial charge >= 0.3 is 12.2 Å². The first kappa shape index (κ1) is 31.0. The predicted octanol–water partition coefficient (Wildman–Crippen LogP) is 4.61. The predicted molar refractivity (Wildman–Crippen MR) is 155 cm³/mol. The maximum atomic E-state index is 13.1. The highest BCUT2D eigenvalue weighted by molar-refractivity contribution is 7.99. The summed E-state index contributed by atoms with van der Waals surface area (Å²) in [5, 5.41) is 3.65. The molecule has 0 spiro atoms. The third-order valence-corrected chi connectivity index (χ3v) is 7.88. The molecule has 2 saturated heterocycles. The number of nitrogens with one attached hydrogen (secondary N) is 1. The van der Waals surface area contributed by atoms with Crippen molar-refractivity contribution in [1.29, 1.82) is 0 Å². The van der Waals surface area contributed by atoms with E-state index in [4.69, 9.17) is 11.6 Å². The Morgan fingerprint density at radius 2 is 1.71 bits per heavy atom. The molecule has 2 aliphatic heterocycles. The van der Waals surface area contributed by atoms with Gasteiger partial charge in [-0.2, -0.15) is 13.2 Å². The zero-order valence-electron chi connectivity index (χ0n) is 23.5. The Kier molecular flexibility index (Phi) is 9.47. The molecule has 224 valence electrons. The van der Waals surface area contributed by atoms with Gasteiger partial charge in [0, 0.05) is 69.1 Å². The van der Waals surface area contributed by atoms with E-state index in [1.54, 1.807) is 17.0 Å². The Bertz CT molecular complexity index is 1250. The smallest absolute Gasteiger partial charge is 0.368 e. The molecule has 1 atom stereocenters. The van der Waals surface area contributed by atoms with E-state index < -0.39 is 11.7 Å². The summed E-state index contributed by atoms with van der Waals surface area (Å²) < 4.78 is 39.2. The van der Waals surface area contributed by atoms with Crippen molar-refractivity contribution in [2.45, 2.75) is 50.6 Å². The van der Waals surface area contributed by atoms with Crippen LogP contribution in [-0.2, 0) is 11.0 Å². The molecule has 14 heteroatoms. The molecule has 3 heterocycles. The zero-order chi connectivity index (χ0) is 29.9. The van der Waals surface area contributed by atoms with Crippen LogP contribution in [0.3, 0.4) is 0 Å². The molecule has 1 N–H and O–H groups in total. The molecule has 2 aliphatic rings. The average Bonchev–Trinajstić information content (AvgIpc) is 2.90. The first-order valence-electron chi connectivity index (χ1n) is 13.4. The van der Waals surface area contributed by atoms with Crippen LogP contribution >= 0.6 is 23.4 Å². The van der Waals surface area contributed by atoms with Crippen LogP contribution in [-0.4, -0.2) is 94.9 Å². The van der Waals surface area contributed by atoms with Gasteiger partial charge in [-0.25, -0.2) is 14.8 Å². The number of benzene rings is 1. The second-order valence-electron chi connectivity index (χ2n) is 11.2. The van der Waals surface area contributed by atoms with E-state index in [0.29, 0.717) is 62.5 Å². The number of carbonyl (C=O) groups excluding carboxylic acids is 2. The third-order valence-electron chi connectivity index (χ3n) is 6.85. The van der Waals surface area contributed by atoms with Crippen molar-refractivity contribution < 1.29 is 22.8 Å². The van der Waals surface area contributed by atoms with Gasteiger partial charge in [0.25, 0.3) is 0 Å². The number of alkyl halides is 3. The lowest BCUT2D eigenvalue weighted by Gasteiger charge is -2.41. The molecular weight excluding hydrogens is 579 g/mol. The molecule has 2 fully saturated rings. The van der Waals surface area contributed by atoms with Crippen LogP contribution in [0.15, 0.2) is 35.5 Å². The number of nitrogens with zero attached hydrogens (tertiary/aromatic N) is 6. The number of thioether (sulfide) groups is 1. The Hall–Kier alpha value is -2.93. The number of carbonyl (C=O) groups is 2. The van der Waals surface area contributed by atoms with Crippen LogP contribution in [0.2, 0.25) is 5.15 Å². The minimum atomic E-state index is -4.40. The number of rotatable bonds is 5. The minimum Gasteiger partial charge on any atom is -0.368 e. The summed E-state index contributed by atoms with van der Waals surface area (Å²) in [6.07, 6.45) is -4.40. The number of amides is 3. The Balaban J connectivity index is 1.30. The van der Waals surface area contributed by atoms with E-state index in [9.17, 15) is 22.8 Å². The van der Waals surface area contributed by atoms with Crippen molar-refractivity contribution >= 4 is 46.8 Å². The van der Waals surface area contributed by atoms with Gasteiger partial charge < -0.3 is 24.9 Å². The molecule has 0 bridgehead atoms. The summed E-state index contributed by atoms with van der Waals surface area (Å²) in [7, 11) is 0. The number of urea groups is 1. The van der Waals surface area contributed by atoms with E-state index in [-0.39, 0.29) is 34.4 Å². The van der Waals surface area contributed by atoms with Gasteiger partial charge in [0.05, 0.1) is 11.3 Å². The van der Waals surface area contributed by atoms with Crippen LogP contribution in [0.5, 0.6) is 0 Å². The lowest BCUT2D eigenvalue weighted by Crippen LogP contribution is -2.59. The first-order chi connectivity index (χ1) is 19.2. The fourth-order valence-electron chi connectivity index (χ4n) is 4.78. The fraction of sp³-hybridized carbons (Fsp3) is 0.556. The van der Waals surface area contributed by atoms with Crippen LogP contribution in [0.1, 0.15) is 33.3 Å². The second-order valence-corrected chi connectivity index (χ2v) is 12.5. The Labute approximate surface area is 247 Å².